The number of rotatable bonds is 7. The van der Waals surface area contributed by atoms with Crippen molar-refractivity contribution in [2.75, 3.05) is 14.2 Å². The number of carbonyl (C=O) groups excluding carboxylic acids is 1. The fraction of sp³-hybridized carbons (Fsp3) is 0.105. The van der Waals surface area contributed by atoms with Crippen molar-refractivity contribution in [1.82, 2.24) is 4.72 Å². The van der Waals surface area contributed by atoms with Crippen molar-refractivity contribution < 1.29 is 32.9 Å². The molecule has 3 N–H and O–H groups in total. The number of carbonyl (C=O) groups is 1. The maximum absolute atomic E-state index is 12.0. The number of methoxy groups -OCH3 is 2. The number of phenols is 2. The van der Waals surface area contributed by atoms with E-state index >= 15 is 0 Å². The lowest BCUT2D eigenvalue weighted by Crippen LogP contribution is -2.26. The third-order valence-electron chi connectivity index (χ3n) is 3.52. The predicted octanol–water partition coefficient (Wildman–Crippen LogP) is 2.25. The molecule has 8 nitrogen and oxygen atoms in total. The Morgan fingerprint density at radius 2 is 1.43 bits per heavy atom. The van der Waals surface area contributed by atoms with Crippen molar-refractivity contribution >= 4 is 28.1 Å². The van der Waals surface area contributed by atoms with Crippen LogP contribution in [0.4, 0.5) is 0 Å². The summed E-state index contributed by atoms with van der Waals surface area (Å²) in [6, 6.07) is 8.81. The van der Waals surface area contributed by atoms with Gasteiger partial charge in [0.15, 0.2) is 23.0 Å². The summed E-state index contributed by atoms with van der Waals surface area (Å²) < 4.78 is 35.6. The third kappa shape index (κ3) is 5.78. The lowest BCUT2D eigenvalue weighted by atomic mass is 10.2. The fourth-order valence-corrected chi connectivity index (χ4v) is 2.92. The number of sulfonamides is 1. The van der Waals surface area contributed by atoms with E-state index in [-0.39, 0.29) is 23.0 Å². The summed E-state index contributed by atoms with van der Waals surface area (Å²) in [6.07, 6.45) is 3.58. The second-order valence-electron chi connectivity index (χ2n) is 5.51. The van der Waals surface area contributed by atoms with Gasteiger partial charge < -0.3 is 19.7 Å². The zero-order valence-electron chi connectivity index (χ0n) is 15.1. The largest absolute Gasteiger partial charge is 0.504 e. The number of aromatic hydroxyl groups is 2. The Bertz CT molecular complexity index is 1030. The van der Waals surface area contributed by atoms with Crippen LogP contribution in [0.3, 0.4) is 0 Å². The predicted molar refractivity (Wildman–Crippen MR) is 104 cm³/mol. The van der Waals surface area contributed by atoms with E-state index in [1.165, 1.54) is 50.6 Å². The average Bonchev–Trinajstić information content (AvgIpc) is 2.64. The highest BCUT2D eigenvalue weighted by atomic mass is 32.2. The SMILES string of the molecule is COc1ccc(C=CC(=O)NS(=O)(=O)C=Cc2ccc(OC)c(O)c2)cc1O. The Hall–Kier alpha value is -3.46. The lowest BCUT2D eigenvalue weighted by molar-refractivity contribution is -0.114. The zero-order valence-corrected chi connectivity index (χ0v) is 15.9. The maximum atomic E-state index is 12.0. The molecule has 0 heterocycles. The van der Waals surface area contributed by atoms with Crippen molar-refractivity contribution in [3.05, 3.63) is 59.0 Å². The molecule has 0 saturated carbocycles. The molecule has 28 heavy (non-hydrogen) atoms. The molecule has 2 aromatic rings. The molecule has 0 radical (unpaired) electrons. The first-order valence-electron chi connectivity index (χ1n) is 7.91. The zero-order chi connectivity index (χ0) is 20.7. The molecular formula is C19H19NO7S. The summed E-state index contributed by atoms with van der Waals surface area (Å²) in [5.41, 5.74) is 0.885. The van der Waals surface area contributed by atoms with Gasteiger partial charge in [0.1, 0.15) is 0 Å². The second kappa shape index (κ2) is 8.96. The molecule has 0 spiro atoms. The molecule has 0 aliphatic rings. The Kier molecular flexibility index (Phi) is 6.67. The average molecular weight is 405 g/mol. The van der Waals surface area contributed by atoms with Crippen LogP contribution in [-0.4, -0.2) is 38.8 Å². The first-order valence-corrected chi connectivity index (χ1v) is 9.45. The Morgan fingerprint density at radius 1 is 0.929 bits per heavy atom. The minimum Gasteiger partial charge on any atom is -0.504 e. The van der Waals surface area contributed by atoms with Gasteiger partial charge in [-0.25, -0.2) is 13.1 Å². The van der Waals surface area contributed by atoms with Crippen LogP contribution >= 0.6 is 0 Å². The minimum atomic E-state index is -4.04. The van der Waals surface area contributed by atoms with Gasteiger partial charge in [0.25, 0.3) is 15.9 Å². The van der Waals surface area contributed by atoms with Gasteiger partial charge in [-0.15, -0.1) is 0 Å². The minimum absolute atomic E-state index is 0.108. The van der Waals surface area contributed by atoms with Crippen molar-refractivity contribution in [2.24, 2.45) is 0 Å². The molecule has 0 bridgehead atoms. The van der Waals surface area contributed by atoms with Crippen LogP contribution in [0.25, 0.3) is 12.2 Å². The topological polar surface area (TPSA) is 122 Å². The number of hydrogen-bond acceptors (Lipinski definition) is 7. The van der Waals surface area contributed by atoms with E-state index in [2.05, 4.69) is 0 Å². The van der Waals surface area contributed by atoms with Crippen LogP contribution in [0.1, 0.15) is 11.1 Å². The molecule has 0 fully saturated rings. The quantitative estimate of drug-likeness (QED) is 0.604. The van der Waals surface area contributed by atoms with Gasteiger partial charge in [-0.3, -0.25) is 4.79 Å². The second-order valence-corrected chi connectivity index (χ2v) is 7.08. The van der Waals surface area contributed by atoms with Crippen LogP contribution in [0, 0.1) is 0 Å². The number of amides is 1. The number of phenolic OH excluding ortho intramolecular Hbond substituents is 2. The van der Waals surface area contributed by atoms with Crippen LogP contribution < -0.4 is 14.2 Å². The number of benzene rings is 2. The summed E-state index contributed by atoms with van der Waals surface area (Å²) in [5, 5.41) is 20.2. The van der Waals surface area contributed by atoms with E-state index in [1.54, 1.807) is 12.1 Å². The maximum Gasteiger partial charge on any atom is 0.257 e. The van der Waals surface area contributed by atoms with E-state index in [0.717, 1.165) is 11.5 Å². The molecule has 2 aromatic carbocycles. The van der Waals surface area contributed by atoms with Gasteiger partial charge in [-0.1, -0.05) is 12.1 Å². The van der Waals surface area contributed by atoms with Crippen molar-refractivity contribution in [2.45, 2.75) is 0 Å². The first-order chi connectivity index (χ1) is 13.2. The molecule has 0 aliphatic carbocycles. The van der Waals surface area contributed by atoms with E-state index in [1.807, 2.05) is 4.72 Å². The normalized spacial score (nSPS) is 11.6. The van der Waals surface area contributed by atoms with E-state index in [9.17, 15) is 23.4 Å². The van der Waals surface area contributed by atoms with Crippen molar-refractivity contribution in [1.29, 1.82) is 0 Å². The molecule has 0 aromatic heterocycles. The van der Waals surface area contributed by atoms with Gasteiger partial charge >= 0.3 is 0 Å². The monoisotopic (exact) mass is 405 g/mol. The number of ether oxygens (including phenoxy) is 2. The van der Waals surface area contributed by atoms with E-state index in [4.69, 9.17) is 9.47 Å². The van der Waals surface area contributed by atoms with Gasteiger partial charge in [-0.2, -0.15) is 0 Å². The molecule has 2 rings (SSSR count). The van der Waals surface area contributed by atoms with Crippen LogP contribution in [0.5, 0.6) is 23.0 Å². The lowest BCUT2D eigenvalue weighted by Gasteiger charge is -2.04. The van der Waals surface area contributed by atoms with Crippen molar-refractivity contribution in [3.8, 4) is 23.0 Å². The first kappa shape index (κ1) is 20.8. The molecule has 0 atom stereocenters. The third-order valence-corrected chi connectivity index (χ3v) is 4.50. The Balaban J connectivity index is 2.03. The fourth-order valence-electron chi connectivity index (χ4n) is 2.17. The summed E-state index contributed by atoms with van der Waals surface area (Å²) in [6.45, 7) is 0. The summed E-state index contributed by atoms with van der Waals surface area (Å²) in [4.78, 5) is 11.8. The molecular weight excluding hydrogens is 386 g/mol. The highest BCUT2D eigenvalue weighted by molar-refractivity contribution is 7.93. The summed E-state index contributed by atoms with van der Waals surface area (Å²) >= 11 is 0. The molecule has 0 unspecified atom stereocenters. The molecule has 1 amide bonds. The van der Waals surface area contributed by atoms with E-state index < -0.39 is 15.9 Å². The van der Waals surface area contributed by atoms with Gasteiger partial charge in [0.05, 0.1) is 19.6 Å². The molecule has 0 aliphatic heterocycles. The summed E-state index contributed by atoms with van der Waals surface area (Å²) in [7, 11) is -1.24. The van der Waals surface area contributed by atoms with Gasteiger partial charge in [-0.05, 0) is 47.5 Å². The van der Waals surface area contributed by atoms with E-state index in [0.29, 0.717) is 11.1 Å². The van der Waals surface area contributed by atoms with Gasteiger partial charge in [0, 0.05) is 6.08 Å². The molecule has 9 heteroatoms. The van der Waals surface area contributed by atoms with Crippen LogP contribution in [0.2, 0.25) is 0 Å². The van der Waals surface area contributed by atoms with Crippen LogP contribution in [0.15, 0.2) is 47.9 Å². The molecule has 0 saturated heterocycles. The number of nitrogens with one attached hydrogen (secondary N) is 1. The van der Waals surface area contributed by atoms with Gasteiger partial charge in [0.2, 0.25) is 0 Å². The highest BCUT2D eigenvalue weighted by Gasteiger charge is 2.09. The Labute approximate surface area is 162 Å². The molecule has 148 valence electrons. The Morgan fingerprint density at radius 3 is 1.89 bits per heavy atom. The smallest absolute Gasteiger partial charge is 0.257 e. The summed E-state index contributed by atoms with van der Waals surface area (Å²) in [5.74, 6) is -0.584. The number of hydrogen-bond donors (Lipinski definition) is 3. The highest BCUT2D eigenvalue weighted by Crippen LogP contribution is 2.27. The standard InChI is InChI=1S/C19H19NO7S/c1-26-17-6-3-13(11-15(17)21)5-8-19(23)20-28(24,25)10-9-14-4-7-18(27-2)16(22)12-14/h3-12,21-22H,1-2H3,(H,20,23). The van der Waals surface area contributed by atoms with Crippen molar-refractivity contribution in [3.63, 3.8) is 0 Å². The van der Waals surface area contributed by atoms with Crippen LogP contribution in [-0.2, 0) is 14.8 Å².